The number of hydrogen-bond acceptors (Lipinski definition) is 7. The van der Waals surface area contributed by atoms with Crippen LogP contribution in [-0.2, 0) is 16.1 Å². The molecule has 0 bridgehead atoms. The third-order valence-electron chi connectivity index (χ3n) is 4.47. The van der Waals surface area contributed by atoms with Crippen LogP contribution in [0.15, 0.2) is 40.9 Å². The van der Waals surface area contributed by atoms with E-state index in [2.05, 4.69) is 10.1 Å². The zero-order chi connectivity index (χ0) is 21.0. The average molecular weight is 401 g/mol. The van der Waals surface area contributed by atoms with Crippen LogP contribution in [0.3, 0.4) is 0 Å². The van der Waals surface area contributed by atoms with Gasteiger partial charge in [-0.2, -0.15) is 0 Å². The third-order valence-corrected chi connectivity index (χ3v) is 4.47. The largest absolute Gasteiger partial charge is 0.454 e. The molecule has 29 heavy (non-hydrogen) atoms. The summed E-state index contributed by atoms with van der Waals surface area (Å²) in [5.41, 5.74) is -0.0329. The van der Waals surface area contributed by atoms with E-state index in [9.17, 15) is 9.59 Å². The van der Waals surface area contributed by atoms with Gasteiger partial charge in [0, 0.05) is 31.7 Å². The van der Waals surface area contributed by atoms with Crippen LogP contribution in [0.1, 0.15) is 43.8 Å². The molecule has 1 atom stereocenters. The van der Waals surface area contributed by atoms with Gasteiger partial charge in [0.25, 0.3) is 0 Å². The summed E-state index contributed by atoms with van der Waals surface area (Å²) in [6, 6.07) is 10.6. The first-order chi connectivity index (χ1) is 13.7. The minimum absolute atomic E-state index is 0.00693. The van der Waals surface area contributed by atoms with Gasteiger partial charge in [-0.1, -0.05) is 23.4 Å². The highest BCUT2D eigenvalue weighted by molar-refractivity contribution is 5.89. The predicted octanol–water partition coefficient (Wildman–Crippen LogP) is 3.48. The van der Waals surface area contributed by atoms with Gasteiger partial charge in [0.15, 0.2) is 18.2 Å². The second-order valence-electron chi connectivity index (χ2n) is 8.06. The smallest absolute Gasteiger partial charge is 0.410 e. The first kappa shape index (κ1) is 20.7. The molecule has 1 saturated heterocycles. The number of anilines is 1. The quantitative estimate of drug-likeness (QED) is 0.725. The number of carbonyl (C=O) groups is 2. The third kappa shape index (κ3) is 5.49. The monoisotopic (exact) mass is 401 g/mol. The van der Waals surface area contributed by atoms with Crippen LogP contribution >= 0.6 is 0 Å². The van der Waals surface area contributed by atoms with Crippen molar-refractivity contribution in [2.45, 2.75) is 45.9 Å². The Morgan fingerprint density at radius 3 is 2.59 bits per heavy atom. The fraction of sp³-hybridized carbons (Fsp3) is 0.476. The second-order valence-corrected chi connectivity index (χ2v) is 8.06. The maximum Gasteiger partial charge on any atom is 0.410 e. The van der Waals surface area contributed by atoms with Crippen LogP contribution in [0.4, 0.5) is 10.6 Å². The van der Waals surface area contributed by atoms with Crippen LogP contribution in [0, 0.1) is 0 Å². The minimum atomic E-state index is -0.518. The van der Waals surface area contributed by atoms with Crippen molar-refractivity contribution in [2.24, 2.45) is 0 Å². The molecule has 2 heterocycles. The van der Waals surface area contributed by atoms with Crippen LogP contribution in [0.5, 0.6) is 0 Å². The summed E-state index contributed by atoms with van der Waals surface area (Å²) in [5, 5.41) is 4.10. The van der Waals surface area contributed by atoms with Crippen molar-refractivity contribution >= 4 is 17.9 Å². The molecule has 8 heteroatoms. The molecule has 1 aromatic carbocycles. The van der Waals surface area contributed by atoms with Gasteiger partial charge in [0.05, 0.1) is 5.56 Å². The van der Waals surface area contributed by atoms with Crippen LogP contribution < -0.4 is 4.90 Å². The lowest BCUT2D eigenvalue weighted by Gasteiger charge is -2.40. The first-order valence-corrected chi connectivity index (χ1v) is 9.65. The van der Waals surface area contributed by atoms with Crippen molar-refractivity contribution in [3.63, 3.8) is 0 Å². The lowest BCUT2D eigenvalue weighted by atomic mass is 10.2. The van der Waals surface area contributed by atoms with E-state index in [1.165, 1.54) is 0 Å². The summed E-state index contributed by atoms with van der Waals surface area (Å²) in [7, 11) is 0. The van der Waals surface area contributed by atoms with E-state index in [4.69, 9.17) is 14.0 Å². The number of esters is 1. The number of nitrogens with zero attached hydrogens (tertiary/aromatic N) is 3. The van der Waals surface area contributed by atoms with E-state index < -0.39 is 11.6 Å². The number of piperazine rings is 1. The molecule has 3 rings (SSSR count). The zero-order valence-electron chi connectivity index (χ0n) is 17.3. The van der Waals surface area contributed by atoms with Gasteiger partial charge in [0.2, 0.25) is 0 Å². The number of benzene rings is 1. The number of hydrogen-bond donors (Lipinski definition) is 0. The number of amides is 1. The molecular formula is C21H27N3O5. The summed E-state index contributed by atoms with van der Waals surface area (Å²) in [5.74, 6) is 0.709. The van der Waals surface area contributed by atoms with E-state index in [0.29, 0.717) is 36.8 Å². The van der Waals surface area contributed by atoms with Crippen molar-refractivity contribution in [1.82, 2.24) is 10.1 Å². The molecule has 0 radical (unpaired) electrons. The topological polar surface area (TPSA) is 85.1 Å². The number of carbonyl (C=O) groups excluding carboxylic acids is 2. The Hall–Kier alpha value is -3.03. The molecule has 1 fully saturated rings. The molecule has 156 valence electrons. The summed E-state index contributed by atoms with van der Waals surface area (Å²) in [4.78, 5) is 28.1. The molecule has 8 nitrogen and oxygen atoms in total. The Morgan fingerprint density at radius 1 is 1.21 bits per heavy atom. The van der Waals surface area contributed by atoms with Gasteiger partial charge in [-0.3, -0.25) is 0 Å². The SMILES string of the molecule is C[C@@H]1CN(C(=O)OC(C)(C)C)CCN1c1cc(COC(=O)c2ccccc2)on1. The van der Waals surface area contributed by atoms with Crippen molar-refractivity contribution in [3.8, 4) is 0 Å². The van der Waals surface area contributed by atoms with Gasteiger partial charge >= 0.3 is 12.1 Å². The van der Waals surface area contributed by atoms with E-state index in [0.717, 1.165) is 0 Å². The van der Waals surface area contributed by atoms with Gasteiger partial charge in [-0.05, 0) is 39.8 Å². The average Bonchev–Trinajstić information content (AvgIpc) is 3.14. The lowest BCUT2D eigenvalue weighted by molar-refractivity contribution is 0.0217. The van der Waals surface area contributed by atoms with Gasteiger partial charge in [-0.15, -0.1) is 0 Å². The fourth-order valence-corrected chi connectivity index (χ4v) is 3.09. The van der Waals surface area contributed by atoms with Gasteiger partial charge in [-0.25, -0.2) is 9.59 Å². The number of ether oxygens (including phenoxy) is 2. The summed E-state index contributed by atoms with van der Waals surface area (Å²) in [6.07, 6.45) is -0.308. The van der Waals surface area contributed by atoms with Crippen molar-refractivity contribution in [3.05, 3.63) is 47.7 Å². The zero-order valence-corrected chi connectivity index (χ0v) is 17.3. The normalized spacial score (nSPS) is 17.2. The van der Waals surface area contributed by atoms with Crippen molar-refractivity contribution in [2.75, 3.05) is 24.5 Å². The lowest BCUT2D eigenvalue weighted by Crippen LogP contribution is -2.54. The molecule has 2 aromatic rings. The van der Waals surface area contributed by atoms with Gasteiger partial charge < -0.3 is 23.8 Å². The fourth-order valence-electron chi connectivity index (χ4n) is 3.09. The Morgan fingerprint density at radius 2 is 1.93 bits per heavy atom. The molecule has 1 amide bonds. The molecule has 1 aromatic heterocycles. The highest BCUT2D eigenvalue weighted by Crippen LogP contribution is 2.22. The Balaban J connectivity index is 1.54. The van der Waals surface area contributed by atoms with E-state index >= 15 is 0 Å². The molecule has 0 saturated carbocycles. The number of aromatic nitrogens is 1. The highest BCUT2D eigenvalue weighted by atomic mass is 16.6. The number of rotatable bonds is 4. The maximum atomic E-state index is 12.3. The first-order valence-electron chi connectivity index (χ1n) is 9.65. The molecule has 0 aliphatic carbocycles. The Kier molecular flexibility index (Phi) is 6.10. The standard InChI is InChI=1S/C21H27N3O5/c1-15-13-23(20(26)28-21(2,3)4)10-11-24(15)18-12-17(29-22-18)14-27-19(25)16-8-6-5-7-9-16/h5-9,12,15H,10-11,13-14H2,1-4H3/t15-/m1/s1. The van der Waals surface area contributed by atoms with Crippen LogP contribution in [0.25, 0.3) is 0 Å². The van der Waals surface area contributed by atoms with Gasteiger partial charge in [0.1, 0.15) is 5.60 Å². The predicted molar refractivity (Wildman–Crippen MR) is 107 cm³/mol. The van der Waals surface area contributed by atoms with Crippen LogP contribution in [-0.4, -0.2) is 53.4 Å². The van der Waals surface area contributed by atoms with Crippen molar-refractivity contribution in [1.29, 1.82) is 0 Å². The molecule has 0 N–H and O–H groups in total. The Bertz CT molecular complexity index is 844. The minimum Gasteiger partial charge on any atom is -0.454 e. The summed E-state index contributed by atoms with van der Waals surface area (Å²) in [6.45, 7) is 9.25. The second kappa shape index (κ2) is 8.55. The molecule has 0 spiro atoms. The molecule has 0 unspecified atom stereocenters. The summed E-state index contributed by atoms with van der Waals surface area (Å²) >= 11 is 0. The van der Waals surface area contributed by atoms with Crippen LogP contribution in [0.2, 0.25) is 0 Å². The maximum absolute atomic E-state index is 12.3. The van der Waals surface area contributed by atoms with Crippen molar-refractivity contribution < 1.29 is 23.6 Å². The molecule has 1 aliphatic rings. The Labute approximate surface area is 170 Å². The highest BCUT2D eigenvalue weighted by Gasteiger charge is 2.31. The van der Waals surface area contributed by atoms with E-state index in [1.54, 1.807) is 35.2 Å². The molecule has 1 aliphatic heterocycles. The van der Waals surface area contributed by atoms with E-state index in [1.807, 2.05) is 33.8 Å². The molecular weight excluding hydrogens is 374 g/mol. The summed E-state index contributed by atoms with van der Waals surface area (Å²) < 4.78 is 16.0. The van der Waals surface area contributed by atoms with E-state index in [-0.39, 0.29) is 18.7 Å².